The lowest BCUT2D eigenvalue weighted by Gasteiger charge is -2.23. The van der Waals surface area contributed by atoms with Crippen LogP contribution in [-0.2, 0) is 9.59 Å². The molecule has 0 aromatic rings. The predicted octanol–water partition coefficient (Wildman–Crippen LogP) is 0.764. The van der Waals surface area contributed by atoms with Crippen LogP contribution in [0.15, 0.2) is 0 Å². The van der Waals surface area contributed by atoms with Crippen molar-refractivity contribution in [3.8, 4) is 0 Å². The van der Waals surface area contributed by atoms with E-state index in [0.29, 0.717) is 6.42 Å². The van der Waals surface area contributed by atoms with E-state index in [4.69, 9.17) is 5.11 Å². The van der Waals surface area contributed by atoms with Gasteiger partial charge in [0.2, 0.25) is 5.91 Å². The molecule has 0 rings (SSSR count). The first-order chi connectivity index (χ1) is 7.02. The summed E-state index contributed by atoms with van der Waals surface area (Å²) >= 11 is 0. The Bertz CT molecular complexity index is 266. The third-order valence-corrected chi connectivity index (χ3v) is 1.89. The number of hydrogen-bond donors (Lipinski definition) is 3. The first-order valence-electron chi connectivity index (χ1n) is 5.23. The number of hydrogen-bond acceptors (Lipinski definition) is 3. The van der Waals surface area contributed by atoms with Gasteiger partial charge in [-0.25, -0.2) is 0 Å². The Labute approximate surface area is 95.9 Å². The van der Waals surface area contributed by atoms with Crippen molar-refractivity contribution in [2.75, 3.05) is 6.54 Å². The molecule has 0 saturated heterocycles. The van der Waals surface area contributed by atoms with E-state index in [1.54, 1.807) is 0 Å². The van der Waals surface area contributed by atoms with Crippen molar-refractivity contribution in [1.29, 1.82) is 0 Å². The number of aliphatic hydroxyl groups is 1. The van der Waals surface area contributed by atoms with E-state index in [2.05, 4.69) is 5.32 Å². The Balaban J connectivity index is 4.05. The van der Waals surface area contributed by atoms with E-state index in [9.17, 15) is 14.7 Å². The third kappa shape index (κ3) is 8.23. The minimum atomic E-state index is -1.40. The largest absolute Gasteiger partial charge is 0.481 e. The molecule has 0 radical (unpaired) electrons. The van der Waals surface area contributed by atoms with Crippen molar-refractivity contribution >= 4 is 11.9 Å². The zero-order valence-electron chi connectivity index (χ0n) is 10.3. The zero-order chi connectivity index (χ0) is 13.0. The summed E-state index contributed by atoms with van der Waals surface area (Å²) in [5.41, 5.74) is -1.53. The van der Waals surface area contributed by atoms with Crippen molar-refractivity contribution in [2.45, 2.75) is 46.1 Å². The molecule has 1 atom stereocenters. The average Bonchev–Trinajstić information content (AvgIpc) is 1.95. The smallest absolute Gasteiger partial charge is 0.306 e. The molecule has 1 unspecified atom stereocenters. The Morgan fingerprint density at radius 1 is 1.12 bits per heavy atom. The van der Waals surface area contributed by atoms with Gasteiger partial charge in [-0.3, -0.25) is 9.59 Å². The van der Waals surface area contributed by atoms with Crippen LogP contribution in [0.5, 0.6) is 0 Å². The highest BCUT2D eigenvalue weighted by Crippen LogP contribution is 2.18. The lowest BCUT2D eigenvalue weighted by molar-refractivity contribution is -0.142. The van der Waals surface area contributed by atoms with Gasteiger partial charge in [0.1, 0.15) is 0 Å². The SMILES string of the molecule is CC(C)(C)CC(=O)NCC(C)(O)CC(=O)O. The maximum Gasteiger partial charge on any atom is 0.306 e. The summed E-state index contributed by atoms with van der Waals surface area (Å²) < 4.78 is 0. The Morgan fingerprint density at radius 3 is 2.00 bits per heavy atom. The molecule has 0 aliphatic rings. The number of carbonyl (C=O) groups is 2. The van der Waals surface area contributed by atoms with Crippen molar-refractivity contribution in [3.05, 3.63) is 0 Å². The van der Waals surface area contributed by atoms with Gasteiger partial charge in [-0.15, -0.1) is 0 Å². The summed E-state index contributed by atoms with van der Waals surface area (Å²) in [4.78, 5) is 21.8. The standard InChI is InChI=1S/C11H21NO4/c1-10(2,3)5-8(13)12-7-11(4,16)6-9(14)15/h16H,5-7H2,1-4H3,(H,12,13)(H,14,15). The summed E-state index contributed by atoms with van der Waals surface area (Å²) in [7, 11) is 0. The molecule has 5 nitrogen and oxygen atoms in total. The van der Waals surface area contributed by atoms with Gasteiger partial charge in [-0.2, -0.15) is 0 Å². The van der Waals surface area contributed by atoms with Gasteiger partial charge in [-0.1, -0.05) is 20.8 Å². The number of amides is 1. The minimum absolute atomic E-state index is 0.0474. The fraction of sp³-hybridized carbons (Fsp3) is 0.818. The second-order valence-electron chi connectivity index (χ2n) is 5.58. The molecule has 0 heterocycles. The number of aliphatic carboxylic acids is 1. The normalized spacial score (nSPS) is 15.3. The van der Waals surface area contributed by atoms with Gasteiger partial charge in [-0.05, 0) is 12.3 Å². The highest BCUT2D eigenvalue weighted by molar-refractivity contribution is 5.76. The van der Waals surface area contributed by atoms with Crippen molar-refractivity contribution in [1.82, 2.24) is 5.32 Å². The molecule has 1 amide bonds. The van der Waals surface area contributed by atoms with Crippen molar-refractivity contribution < 1.29 is 19.8 Å². The van der Waals surface area contributed by atoms with E-state index >= 15 is 0 Å². The summed E-state index contributed by atoms with van der Waals surface area (Å²) in [6, 6.07) is 0. The molecule has 0 aromatic carbocycles. The summed E-state index contributed by atoms with van der Waals surface area (Å²) in [6.07, 6.45) is -0.0427. The number of carbonyl (C=O) groups excluding carboxylic acids is 1. The molecule has 94 valence electrons. The van der Waals surface area contributed by atoms with Gasteiger partial charge < -0.3 is 15.5 Å². The Morgan fingerprint density at radius 2 is 1.62 bits per heavy atom. The molecule has 5 heteroatoms. The molecule has 0 aromatic heterocycles. The van der Waals surface area contributed by atoms with Crippen LogP contribution in [0.2, 0.25) is 0 Å². The van der Waals surface area contributed by atoms with Gasteiger partial charge in [0.25, 0.3) is 0 Å². The fourth-order valence-corrected chi connectivity index (χ4v) is 1.22. The van der Waals surface area contributed by atoms with Crippen LogP contribution in [0.3, 0.4) is 0 Å². The molecule has 0 fully saturated rings. The van der Waals surface area contributed by atoms with Crippen molar-refractivity contribution in [2.24, 2.45) is 5.41 Å². The van der Waals surface area contributed by atoms with Crippen LogP contribution in [0.4, 0.5) is 0 Å². The molecule has 16 heavy (non-hydrogen) atoms. The van der Waals surface area contributed by atoms with Crippen LogP contribution in [0.25, 0.3) is 0 Å². The maximum atomic E-state index is 11.4. The topological polar surface area (TPSA) is 86.6 Å². The van der Waals surface area contributed by atoms with E-state index < -0.39 is 11.6 Å². The van der Waals surface area contributed by atoms with Crippen molar-refractivity contribution in [3.63, 3.8) is 0 Å². The van der Waals surface area contributed by atoms with Gasteiger partial charge in [0.05, 0.1) is 12.0 Å². The summed E-state index contributed by atoms with van der Waals surface area (Å²) in [5.74, 6) is -1.27. The number of carboxylic acids is 1. The Hall–Kier alpha value is -1.10. The highest BCUT2D eigenvalue weighted by Gasteiger charge is 2.25. The second-order valence-corrected chi connectivity index (χ2v) is 5.58. The lowest BCUT2D eigenvalue weighted by Crippen LogP contribution is -2.42. The van der Waals surface area contributed by atoms with Gasteiger partial charge in [0, 0.05) is 13.0 Å². The van der Waals surface area contributed by atoms with Crippen LogP contribution < -0.4 is 5.32 Å². The van der Waals surface area contributed by atoms with E-state index in [0.717, 1.165) is 0 Å². The van der Waals surface area contributed by atoms with E-state index in [1.165, 1.54) is 6.92 Å². The van der Waals surface area contributed by atoms with E-state index in [-0.39, 0.29) is 24.3 Å². The molecule has 0 spiro atoms. The fourth-order valence-electron chi connectivity index (χ4n) is 1.22. The van der Waals surface area contributed by atoms with E-state index in [1.807, 2.05) is 20.8 Å². The molecule has 0 aliphatic heterocycles. The molecule has 0 aliphatic carbocycles. The Kier molecular flexibility index (Phi) is 4.93. The molecular formula is C11H21NO4. The quantitative estimate of drug-likeness (QED) is 0.652. The van der Waals surface area contributed by atoms with Gasteiger partial charge >= 0.3 is 5.97 Å². The predicted molar refractivity (Wildman–Crippen MR) is 60.0 cm³/mol. The summed E-state index contributed by atoms with van der Waals surface area (Å²) in [6.45, 7) is 7.14. The van der Waals surface area contributed by atoms with Gasteiger partial charge in [0.15, 0.2) is 0 Å². The number of carboxylic acid groups (broad SMARTS) is 1. The van der Waals surface area contributed by atoms with Crippen LogP contribution in [0.1, 0.15) is 40.5 Å². The van der Waals surface area contributed by atoms with Crippen LogP contribution in [0, 0.1) is 5.41 Å². The minimum Gasteiger partial charge on any atom is -0.481 e. The third-order valence-electron chi connectivity index (χ3n) is 1.89. The molecule has 0 bridgehead atoms. The molecular weight excluding hydrogens is 210 g/mol. The first kappa shape index (κ1) is 14.9. The second kappa shape index (κ2) is 5.30. The van der Waals surface area contributed by atoms with Crippen LogP contribution >= 0.6 is 0 Å². The lowest BCUT2D eigenvalue weighted by atomic mass is 9.92. The number of rotatable bonds is 5. The highest BCUT2D eigenvalue weighted by atomic mass is 16.4. The zero-order valence-corrected chi connectivity index (χ0v) is 10.3. The summed E-state index contributed by atoms with van der Waals surface area (Å²) in [5, 5.41) is 20.7. The first-order valence-corrected chi connectivity index (χ1v) is 5.23. The maximum absolute atomic E-state index is 11.4. The molecule has 0 saturated carbocycles. The average molecular weight is 231 g/mol. The molecule has 3 N–H and O–H groups in total. The monoisotopic (exact) mass is 231 g/mol. The van der Waals surface area contributed by atoms with Crippen LogP contribution in [-0.4, -0.2) is 34.2 Å². The number of nitrogens with one attached hydrogen (secondary N) is 1.